The van der Waals surface area contributed by atoms with E-state index in [4.69, 9.17) is 14.2 Å². The summed E-state index contributed by atoms with van der Waals surface area (Å²) >= 11 is 0. The number of ether oxygens (including phenoxy) is 3. The van der Waals surface area contributed by atoms with Gasteiger partial charge in [-0.2, -0.15) is 0 Å². The lowest BCUT2D eigenvalue weighted by atomic mass is 9.52. The SMILES string of the molecule is CC(=O)C(CC1CO1)(C(=O)O)C(O)(C(=O)O)C(CC1CO1)(CC1CO1)C(=O)O. The van der Waals surface area contributed by atoms with Crippen LogP contribution in [-0.4, -0.2) is 87.9 Å². The van der Waals surface area contributed by atoms with Crippen LogP contribution in [0.1, 0.15) is 26.2 Å². The molecule has 0 radical (unpaired) electrons. The molecule has 0 saturated carbocycles. The number of epoxide rings is 3. The van der Waals surface area contributed by atoms with Crippen LogP contribution in [0.2, 0.25) is 0 Å². The van der Waals surface area contributed by atoms with E-state index in [1.54, 1.807) is 0 Å². The van der Waals surface area contributed by atoms with Crippen LogP contribution in [0, 0.1) is 10.8 Å². The predicted molar refractivity (Wildman–Crippen MR) is 86.5 cm³/mol. The van der Waals surface area contributed by atoms with Crippen molar-refractivity contribution in [3.63, 3.8) is 0 Å². The summed E-state index contributed by atoms with van der Waals surface area (Å²) in [6, 6.07) is 0. The summed E-state index contributed by atoms with van der Waals surface area (Å²) in [4.78, 5) is 49.7. The first-order valence-corrected chi connectivity index (χ1v) is 8.79. The third-order valence-corrected chi connectivity index (χ3v) is 5.89. The smallest absolute Gasteiger partial charge is 0.338 e. The number of ketones is 1. The standard InChI is InChI=1S/C17H22O11/c1-8(18)16(13(21)22,4-11-7-28-11)17(25,14(23)24)15(12(19)20,2-9-5-26-9)3-10-6-27-10/h9-11,25H,2-7H2,1H3,(H,19,20)(H,21,22)(H,23,24). The van der Waals surface area contributed by atoms with Crippen molar-refractivity contribution in [2.45, 2.75) is 50.1 Å². The van der Waals surface area contributed by atoms with E-state index in [1.807, 2.05) is 0 Å². The zero-order chi connectivity index (χ0) is 20.9. The third-order valence-electron chi connectivity index (χ3n) is 5.89. The van der Waals surface area contributed by atoms with Crippen molar-refractivity contribution in [2.24, 2.45) is 10.8 Å². The van der Waals surface area contributed by atoms with Gasteiger partial charge in [-0.3, -0.25) is 14.4 Å². The molecule has 0 bridgehead atoms. The molecule has 0 aliphatic carbocycles. The Bertz CT molecular complexity index is 676. The first-order chi connectivity index (χ1) is 13.0. The Morgan fingerprint density at radius 2 is 1.18 bits per heavy atom. The molecule has 0 amide bonds. The van der Waals surface area contributed by atoms with Crippen LogP contribution in [0.4, 0.5) is 0 Å². The normalized spacial score (nSPS) is 31.6. The minimum Gasteiger partial charge on any atom is -0.481 e. The highest BCUT2D eigenvalue weighted by Crippen LogP contribution is 2.56. The van der Waals surface area contributed by atoms with E-state index >= 15 is 0 Å². The lowest BCUT2D eigenvalue weighted by Crippen LogP contribution is -2.72. The molecule has 28 heavy (non-hydrogen) atoms. The average molecular weight is 402 g/mol. The highest BCUT2D eigenvalue weighted by Gasteiger charge is 2.77. The largest absolute Gasteiger partial charge is 0.481 e. The Kier molecular flexibility index (Phi) is 4.99. The first kappa shape index (κ1) is 20.6. The van der Waals surface area contributed by atoms with E-state index in [0.717, 1.165) is 6.92 Å². The molecule has 3 fully saturated rings. The van der Waals surface area contributed by atoms with Crippen molar-refractivity contribution in [1.82, 2.24) is 0 Å². The maximum atomic E-state index is 12.6. The van der Waals surface area contributed by atoms with Crippen LogP contribution >= 0.6 is 0 Å². The average Bonchev–Trinajstić information content (AvgIpc) is 3.42. The molecule has 3 saturated heterocycles. The van der Waals surface area contributed by atoms with Gasteiger partial charge in [-0.15, -0.1) is 0 Å². The minimum absolute atomic E-state index is 0.0789. The first-order valence-electron chi connectivity index (χ1n) is 8.79. The topological polar surface area (TPSA) is 187 Å². The van der Waals surface area contributed by atoms with Gasteiger partial charge in [0.25, 0.3) is 0 Å². The van der Waals surface area contributed by atoms with Crippen LogP contribution in [0.25, 0.3) is 0 Å². The van der Waals surface area contributed by atoms with E-state index in [1.165, 1.54) is 0 Å². The molecular weight excluding hydrogens is 380 g/mol. The number of rotatable bonds is 12. The van der Waals surface area contributed by atoms with Crippen LogP contribution in [0.15, 0.2) is 0 Å². The van der Waals surface area contributed by atoms with Gasteiger partial charge in [0.15, 0.2) is 11.2 Å². The van der Waals surface area contributed by atoms with Gasteiger partial charge in [0.05, 0.1) is 38.1 Å². The Balaban J connectivity index is 2.24. The molecule has 5 unspecified atom stereocenters. The molecule has 0 aromatic rings. The van der Waals surface area contributed by atoms with E-state index in [0.29, 0.717) is 0 Å². The minimum atomic E-state index is -3.46. The van der Waals surface area contributed by atoms with E-state index in [-0.39, 0.29) is 19.8 Å². The highest BCUT2D eigenvalue weighted by atomic mass is 16.6. The summed E-state index contributed by atoms with van der Waals surface area (Å²) in [5.41, 5.74) is -8.92. The highest BCUT2D eigenvalue weighted by molar-refractivity contribution is 6.10. The summed E-state index contributed by atoms with van der Waals surface area (Å²) in [5.74, 6) is -6.92. The van der Waals surface area contributed by atoms with Gasteiger partial charge >= 0.3 is 17.9 Å². The van der Waals surface area contributed by atoms with E-state index < -0.39 is 77.7 Å². The van der Waals surface area contributed by atoms with Gasteiger partial charge in [-0.1, -0.05) is 0 Å². The molecule has 0 spiro atoms. The van der Waals surface area contributed by atoms with Crippen molar-refractivity contribution in [1.29, 1.82) is 0 Å². The summed E-state index contributed by atoms with van der Waals surface area (Å²) < 4.78 is 15.1. The summed E-state index contributed by atoms with van der Waals surface area (Å²) in [7, 11) is 0. The Morgan fingerprint density at radius 1 is 0.786 bits per heavy atom. The molecule has 11 nitrogen and oxygen atoms in total. The molecule has 0 aromatic heterocycles. The number of carbonyl (C=O) groups excluding carboxylic acids is 1. The fourth-order valence-corrected chi connectivity index (χ4v) is 4.12. The molecule has 156 valence electrons. The summed E-state index contributed by atoms with van der Waals surface area (Å²) in [6.45, 7) is 1.19. The molecule has 4 N–H and O–H groups in total. The van der Waals surface area contributed by atoms with Gasteiger partial charge in [-0.25, -0.2) is 4.79 Å². The van der Waals surface area contributed by atoms with Crippen LogP contribution in [0.3, 0.4) is 0 Å². The summed E-state index contributed by atoms with van der Waals surface area (Å²) in [6.07, 6.45) is -3.72. The zero-order valence-electron chi connectivity index (χ0n) is 15.1. The van der Waals surface area contributed by atoms with Gasteiger partial charge in [0, 0.05) is 6.42 Å². The number of Topliss-reactive ketones (excluding diaryl/α,β-unsaturated/α-hetero) is 1. The van der Waals surface area contributed by atoms with Gasteiger partial charge in [0.1, 0.15) is 5.41 Å². The molecular formula is C17H22O11. The number of aliphatic hydroxyl groups is 1. The fraction of sp³-hybridized carbons (Fsp3) is 0.765. The van der Waals surface area contributed by atoms with Crippen molar-refractivity contribution >= 4 is 23.7 Å². The molecule has 5 atom stereocenters. The van der Waals surface area contributed by atoms with Crippen molar-refractivity contribution < 1.29 is 53.8 Å². The second-order valence-electron chi connectivity index (χ2n) is 7.65. The maximum absolute atomic E-state index is 12.6. The maximum Gasteiger partial charge on any atom is 0.338 e. The number of carboxylic acids is 3. The van der Waals surface area contributed by atoms with Crippen LogP contribution in [-0.2, 0) is 33.4 Å². The second-order valence-corrected chi connectivity index (χ2v) is 7.65. The van der Waals surface area contributed by atoms with E-state index in [2.05, 4.69) is 0 Å². The van der Waals surface area contributed by atoms with Gasteiger partial charge in [-0.05, 0) is 19.8 Å². The number of carboxylic acid groups (broad SMARTS) is 3. The second kappa shape index (κ2) is 6.76. The Labute approximate surface area is 159 Å². The van der Waals surface area contributed by atoms with Crippen LogP contribution < -0.4 is 0 Å². The van der Waals surface area contributed by atoms with Crippen molar-refractivity contribution in [3.8, 4) is 0 Å². The van der Waals surface area contributed by atoms with Crippen LogP contribution in [0.5, 0.6) is 0 Å². The zero-order valence-corrected chi connectivity index (χ0v) is 15.1. The Morgan fingerprint density at radius 3 is 1.43 bits per heavy atom. The van der Waals surface area contributed by atoms with Crippen molar-refractivity contribution in [2.75, 3.05) is 19.8 Å². The lowest BCUT2D eigenvalue weighted by Gasteiger charge is -2.49. The van der Waals surface area contributed by atoms with Gasteiger partial charge < -0.3 is 34.6 Å². The quantitative estimate of drug-likeness (QED) is 0.229. The molecule has 3 aliphatic heterocycles. The van der Waals surface area contributed by atoms with Crippen molar-refractivity contribution in [3.05, 3.63) is 0 Å². The Hall–Kier alpha value is -2.08. The molecule has 11 heteroatoms. The number of aliphatic carboxylic acids is 3. The third kappa shape index (κ3) is 3.08. The number of carbonyl (C=O) groups is 4. The molecule has 0 aromatic carbocycles. The molecule has 3 aliphatic rings. The molecule has 3 heterocycles. The van der Waals surface area contributed by atoms with E-state index in [9.17, 15) is 39.6 Å². The lowest BCUT2D eigenvalue weighted by molar-refractivity contribution is -0.224. The number of hydrogen-bond acceptors (Lipinski definition) is 8. The number of hydrogen-bond donors (Lipinski definition) is 4. The predicted octanol–water partition coefficient (Wildman–Crippen LogP) is -1.10. The summed E-state index contributed by atoms with van der Waals surface area (Å²) in [5, 5.41) is 41.5. The fourth-order valence-electron chi connectivity index (χ4n) is 4.12. The van der Waals surface area contributed by atoms with Gasteiger partial charge in [0.2, 0.25) is 5.60 Å². The monoisotopic (exact) mass is 402 g/mol. The molecule has 3 rings (SSSR count).